The monoisotopic (exact) mass is 260 g/mol. The highest BCUT2D eigenvalue weighted by molar-refractivity contribution is 5.98. The van der Waals surface area contributed by atoms with Crippen molar-refractivity contribution in [3.8, 4) is 0 Å². The van der Waals surface area contributed by atoms with E-state index in [1.807, 2.05) is 0 Å². The average molecular weight is 260 g/mol. The highest BCUT2D eigenvalue weighted by atomic mass is 16.2. The van der Waals surface area contributed by atoms with Crippen LogP contribution in [-0.2, 0) is 0 Å². The first-order chi connectivity index (χ1) is 8.91. The third-order valence-corrected chi connectivity index (χ3v) is 2.75. The number of carbonyl (C=O) groups excluding carboxylic acids is 2. The third kappa shape index (κ3) is 2.29. The molecule has 0 N–H and O–H groups in total. The summed E-state index contributed by atoms with van der Waals surface area (Å²) in [5, 5.41) is 0. The minimum atomic E-state index is -0.225. The van der Waals surface area contributed by atoms with E-state index in [1.165, 1.54) is 15.9 Å². The normalized spacial score (nSPS) is 10.5. The largest absolute Gasteiger partial charge is 0.343 e. The first-order valence-corrected chi connectivity index (χ1v) is 5.83. The van der Waals surface area contributed by atoms with E-state index in [-0.39, 0.29) is 17.5 Å². The van der Waals surface area contributed by atoms with E-state index in [1.54, 1.807) is 50.9 Å². The van der Waals surface area contributed by atoms with Crippen molar-refractivity contribution in [2.24, 2.45) is 0 Å². The molecule has 0 spiro atoms. The highest BCUT2D eigenvalue weighted by Crippen LogP contribution is 2.12. The molecule has 100 valence electrons. The number of carbonyl (C=O) groups is 2. The van der Waals surface area contributed by atoms with Gasteiger partial charge in [0, 0.05) is 34.4 Å². The first kappa shape index (κ1) is 13.1. The smallest absolute Gasteiger partial charge is 0.272 e. The number of amides is 2. The van der Waals surface area contributed by atoms with Crippen molar-refractivity contribution in [2.45, 2.75) is 0 Å². The zero-order valence-electron chi connectivity index (χ0n) is 11.4. The van der Waals surface area contributed by atoms with Gasteiger partial charge in [-0.15, -0.1) is 0 Å². The predicted octanol–water partition coefficient (Wildman–Crippen LogP) is 0.738. The maximum absolute atomic E-state index is 12.2. The Hall–Kier alpha value is -2.37. The lowest BCUT2D eigenvalue weighted by molar-refractivity contribution is 0.0818. The van der Waals surface area contributed by atoms with Gasteiger partial charge >= 0.3 is 0 Å². The lowest BCUT2D eigenvalue weighted by Gasteiger charge is -2.14. The van der Waals surface area contributed by atoms with Gasteiger partial charge in [-0.2, -0.15) is 0 Å². The number of fused-ring (bicyclic) bond motifs is 1. The van der Waals surface area contributed by atoms with E-state index in [4.69, 9.17) is 0 Å². The molecule has 0 bridgehead atoms. The summed E-state index contributed by atoms with van der Waals surface area (Å²) >= 11 is 0. The van der Waals surface area contributed by atoms with Crippen LogP contribution >= 0.6 is 0 Å². The summed E-state index contributed by atoms with van der Waals surface area (Å²) in [5.41, 5.74) is 1.27. The van der Waals surface area contributed by atoms with Crippen molar-refractivity contribution in [2.75, 3.05) is 28.2 Å². The average Bonchev–Trinajstić information content (AvgIpc) is 2.83. The molecule has 2 rings (SSSR count). The predicted molar refractivity (Wildman–Crippen MR) is 71.2 cm³/mol. The summed E-state index contributed by atoms with van der Waals surface area (Å²) in [6.45, 7) is 0. The summed E-state index contributed by atoms with van der Waals surface area (Å²) in [7, 11) is 6.65. The second-order valence-electron chi connectivity index (χ2n) is 4.66. The molecular weight excluding hydrogens is 244 g/mol. The van der Waals surface area contributed by atoms with Gasteiger partial charge in [-0.3, -0.25) is 14.0 Å². The van der Waals surface area contributed by atoms with E-state index >= 15 is 0 Å². The SMILES string of the molecule is CN(C)C(=O)c1cc(C(=O)N(C)C)n2cccc2n1. The van der Waals surface area contributed by atoms with Gasteiger partial charge in [-0.05, 0) is 18.2 Å². The molecule has 6 heteroatoms. The lowest BCUT2D eigenvalue weighted by Crippen LogP contribution is -2.27. The molecule has 19 heavy (non-hydrogen) atoms. The first-order valence-electron chi connectivity index (χ1n) is 5.83. The summed E-state index contributed by atoms with van der Waals surface area (Å²) < 4.78 is 1.68. The lowest BCUT2D eigenvalue weighted by atomic mass is 10.2. The molecule has 0 unspecified atom stereocenters. The number of nitrogens with zero attached hydrogens (tertiary/aromatic N) is 4. The third-order valence-electron chi connectivity index (χ3n) is 2.75. The standard InChI is InChI=1S/C13H16N4O2/c1-15(2)12(18)9-8-10(13(19)16(3)4)17-7-5-6-11(17)14-9/h5-8H,1-4H3. The molecule has 0 saturated heterocycles. The fraction of sp³-hybridized carbons (Fsp3) is 0.308. The molecule has 0 saturated carbocycles. The molecule has 6 nitrogen and oxygen atoms in total. The molecule has 0 radical (unpaired) electrons. The van der Waals surface area contributed by atoms with Gasteiger partial charge in [0.2, 0.25) is 0 Å². The van der Waals surface area contributed by atoms with Crippen LogP contribution in [0.5, 0.6) is 0 Å². The van der Waals surface area contributed by atoms with Gasteiger partial charge in [-0.1, -0.05) is 0 Å². The zero-order chi connectivity index (χ0) is 14.2. The van der Waals surface area contributed by atoms with E-state index in [0.29, 0.717) is 11.3 Å². The fourth-order valence-corrected chi connectivity index (χ4v) is 1.75. The van der Waals surface area contributed by atoms with Crippen molar-refractivity contribution < 1.29 is 9.59 Å². The Bertz CT molecular complexity index is 643. The Morgan fingerprint density at radius 3 is 2.32 bits per heavy atom. The Labute approximate surface area is 111 Å². The van der Waals surface area contributed by atoms with Crippen LogP contribution < -0.4 is 0 Å². The van der Waals surface area contributed by atoms with Gasteiger partial charge in [0.25, 0.3) is 11.8 Å². The Morgan fingerprint density at radius 2 is 1.74 bits per heavy atom. The zero-order valence-corrected chi connectivity index (χ0v) is 11.4. The van der Waals surface area contributed by atoms with E-state index in [2.05, 4.69) is 4.98 Å². The Kier molecular flexibility index (Phi) is 3.25. The van der Waals surface area contributed by atoms with Crippen molar-refractivity contribution in [1.29, 1.82) is 0 Å². The van der Waals surface area contributed by atoms with Crippen LogP contribution in [0.15, 0.2) is 24.4 Å². The van der Waals surface area contributed by atoms with Gasteiger partial charge in [0.15, 0.2) is 0 Å². The van der Waals surface area contributed by atoms with Gasteiger partial charge in [0.1, 0.15) is 17.0 Å². The molecular formula is C13H16N4O2. The molecule has 0 aliphatic heterocycles. The van der Waals surface area contributed by atoms with Gasteiger partial charge < -0.3 is 9.80 Å². The summed E-state index contributed by atoms with van der Waals surface area (Å²) in [6, 6.07) is 5.08. The minimum absolute atomic E-state index is 0.170. The Morgan fingerprint density at radius 1 is 1.11 bits per heavy atom. The van der Waals surface area contributed by atoms with Crippen molar-refractivity contribution in [3.05, 3.63) is 35.8 Å². The van der Waals surface area contributed by atoms with E-state index in [9.17, 15) is 9.59 Å². The van der Waals surface area contributed by atoms with Crippen LogP contribution in [0.3, 0.4) is 0 Å². The van der Waals surface area contributed by atoms with Crippen LogP contribution in [0.2, 0.25) is 0 Å². The van der Waals surface area contributed by atoms with Crippen LogP contribution in [-0.4, -0.2) is 59.2 Å². The quantitative estimate of drug-likeness (QED) is 0.800. The highest BCUT2D eigenvalue weighted by Gasteiger charge is 2.18. The molecule has 2 aromatic heterocycles. The van der Waals surface area contributed by atoms with Gasteiger partial charge in [-0.25, -0.2) is 4.98 Å². The Balaban J connectivity index is 2.64. The molecule has 2 heterocycles. The molecule has 0 fully saturated rings. The number of hydrogen-bond donors (Lipinski definition) is 0. The maximum atomic E-state index is 12.2. The molecule has 0 aliphatic carbocycles. The van der Waals surface area contributed by atoms with Crippen molar-refractivity contribution in [3.63, 3.8) is 0 Å². The summed E-state index contributed by atoms with van der Waals surface area (Å²) in [5.74, 6) is -0.395. The van der Waals surface area contributed by atoms with Crippen LogP contribution in [0.25, 0.3) is 5.65 Å². The van der Waals surface area contributed by atoms with Crippen LogP contribution in [0.4, 0.5) is 0 Å². The van der Waals surface area contributed by atoms with E-state index in [0.717, 1.165) is 0 Å². The van der Waals surface area contributed by atoms with E-state index < -0.39 is 0 Å². The second-order valence-corrected chi connectivity index (χ2v) is 4.66. The molecule has 2 amide bonds. The van der Waals surface area contributed by atoms with Gasteiger partial charge in [0.05, 0.1) is 0 Å². The van der Waals surface area contributed by atoms with Crippen LogP contribution in [0, 0.1) is 0 Å². The second kappa shape index (κ2) is 4.72. The molecule has 2 aromatic rings. The van der Waals surface area contributed by atoms with Crippen molar-refractivity contribution in [1.82, 2.24) is 19.2 Å². The number of aromatic nitrogens is 2. The number of rotatable bonds is 2. The molecule has 0 aromatic carbocycles. The molecule has 0 aliphatic rings. The van der Waals surface area contributed by atoms with Crippen LogP contribution in [0.1, 0.15) is 21.0 Å². The number of hydrogen-bond acceptors (Lipinski definition) is 3. The van der Waals surface area contributed by atoms with Crippen molar-refractivity contribution >= 4 is 17.5 Å². The maximum Gasteiger partial charge on any atom is 0.272 e. The summed E-state index contributed by atoms with van der Waals surface area (Å²) in [6.07, 6.45) is 1.75. The summed E-state index contributed by atoms with van der Waals surface area (Å²) in [4.78, 5) is 31.3. The minimum Gasteiger partial charge on any atom is -0.343 e. The molecule has 0 atom stereocenters. The fourth-order valence-electron chi connectivity index (χ4n) is 1.75. The topological polar surface area (TPSA) is 57.9 Å².